The number of aromatic nitrogens is 2. The second kappa shape index (κ2) is 4.39. The number of carbonyl (C=O) groups is 1. The quantitative estimate of drug-likeness (QED) is 0.883. The van der Waals surface area contributed by atoms with Crippen molar-refractivity contribution in [2.45, 2.75) is 25.2 Å². The lowest BCUT2D eigenvalue weighted by Gasteiger charge is -2.10. The van der Waals surface area contributed by atoms with Crippen molar-refractivity contribution in [3.8, 4) is 0 Å². The number of aromatic amines is 1. The smallest absolute Gasteiger partial charge is 0.319 e. The predicted molar refractivity (Wildman–Crippen MR) is 73.7 cm³/mol. The highest BCUT2D eigenvalue weighted by atomic mass is 35.5. The largest absolute Gasteiger partial charge is 0.465 e. The van der Waals surface area contributed by atoms with Crippen LogP contribution in [0.1, 0.15) is 25.6 Å². The highest BCUT2D eigenvalue weighted by Crippen LogP contribution is 2.48. The van der Waals surface area contributed by atoms with E-state index in [9.17, 15) is 4.79 Å². The molecule has 1 N–H and O–H groups in total. The van der Waals surface area contributed by atoms with Crippen molar-refractivity contribution in [3.63, 3.8) is 0 Å². The van der Waals surface area contributed by atoms with Gasteiger partial charge >= 0.3 is 5.97 Å². The fraction of sp³-hybridized carbons (Fsp3) is 0.385. The Bertz CT molecular complexity index is 623. The maximum Gasteiger partial charge on any atom is 0.319 e. The van der Waals surface area contributed by atoms with Crippen molar-refractivity contribution in [2.75, 3.05) is 6.61 Å². The third-order valence-corrected chi connectivity index (χ3v) is 4.12. The molecule has 100 valence electrons. The first-order chi connectivity index (χ1) is 9.06. The van der Waals surface area contributed by atoms with Crippen LogP contribution in [0.3, 0.4) is 0 Å². The summed E-state index contributed by atoms with van der Waals surface area (Å²) in [4.78, 5) is 19.6. The van der Waals surface area contributed by atoms with Crippen LogP contribution < -0.4 is 0 Å². The van der Waals surface area contributed by atoms with E-state index in [2.05, 4.69) is 9.97 Å². The molecule has 0 bridgehead atoms. The van der Waals surface area contributed by atoms with Crippen LogP contribution in [0.2, 0.25) is 10.0 Å². The van der Waals surface area contributed by atoms with Gasteiger partial charge in [0.05, 0.1) is 27.7 Å². The van der Waals surface area contributed by atoms with Crippen LogP contribution in [0.25, 0.3) is 11.0 Å². The molecular formula is C13H12Cl2N2O2. The number of hydrogen-bond donors (Lipinski definition) is 1. The molecule has 4 nitrogen and oxygen atoms in total. The molecule has 1 aromatic carbocycles. The van der Waals surface area contributed by atoms with Gasteiger partial charge in [-0.25, -0.2) is 4.98 Å². The van der Waals surface area contributed by atoms with Crippen molar-refractivity contribution in [3.05, 3.63) is 28.0 Å². The van der Waals surface area contributed by atoms with E-state index in [0.29, 0.717) is 28.0 Å². The number of ether oxygens (including phenoxy) is 1. The van der Waals surface area contributed by atoms with Crippen LogP contribution in [0.5, 0.6) is 0 Å². The van der Waals surface area contributed by atoms with Crippen LogP contribution in [0.4, 0.5) is 0 Å². The van der Waals surface area contributed by atoms with Gasteiger partial charge in [0.1, 0.15) is 11.2 Å². The number of H-pyrrole nitrogens is 1. The first-order valence-electron chi connectivity index (χ1n) is 6.09. The lowest BCUT2D eigenvalue weighted by molar-refractivity contribution is -0.146. The molecule has 1 fully saturated rings. The van der Waals surface area contributed by atoms with Gasteiger partial charge in [-0.3, -0.25) is 4.79 Å². The first-order valence-corrected chi connectivity index (χ1v) is 6.85. The average Bonchev–Trinajstić information content (AvgIpc) is 3.08. The first kappa shape index (κ1) is 12.8. The van der Waals surface area contributed by atoms with E-state index >= 15 is 0 Å². The topological polar surface area (TPSA) is 55.0 Å². The minimum Gasteiger partial charge on any atom is -0.465 e. The summed E-state index contributed by atoms with van der Waals surface area (Å²) < 4.78 is 5.12. The van der Waals surface area contributed by atoms with E-state index in [1.54, 1.807) is 19.1 Å². The molecule has 2 aromatic rings. The SMILES string of the molecule is CCOC(=O)C1(c2nc3cc(Cl)c(Cl)cc3[nH]2)CC1. The molecule has 0 saturated heterocycles. The van der Waals surface area contributed by atoms with E-state index in [4.69, 9.17) is 27.9 Å². The third-order valence-electron chi connectivity index (χ3n) is 3.39. The molecule has 1 heterocycles. The fourth-order valence-electron chi connectivity index (χ4n) is 2.16. The second-order valence-corrected chi connectivity index (χ2v) is 5.49. The molecule has 0 atom stereocenters. The standard InChI is InChI=1S/C13H12Cl2N2O2/c1-2-19-12(18)13(3-4-13)11-16-9-5-7(14)8(15)6-10(9)17-11/h5-6H,2-4H2,1H3,(H,16,17). The van der Waals surface area contributed by atoms with E-state index in [-0.39, 0.29) is 5.97 Å². The Hall–Kier alpha value is -1.26. The zero-order valence-electron chi connectivity index (χ0n) is 10.3. The van der Waals surface area contributed by atoms with E-state index in [0.717, 1.165) is 18.4 Å². The summed E-state index contributed by atoms with van der Waals surface area (Å²) in [7, 11) is 0. The Morgan fingerprint density at radius 3 is 2.74 bits per heavy atom. The minimum absolute atomic E-state index is 0.216. The fourth-order valence-corrected chi connectivity index (χ4v) is 2.48. The number of benzene rings is 1. The highest BCUT2D eigenvalue weighted by molar-refractivity contribution is 6.42. The predicted octanol–water partition coefficient (Wildman–Crippen LogP) is 3.46. The molecule has 0 spiro atoms. The maximum atomic E-state index is 12.0. The second-order valence-electron chi connectivity index (χ2n) is 4.67. The lowest BCUT2D eigenvalue weighted by Crippen LogP contribution is -2.24. The van der Waals surface area contributed by atoms with Crippen molar-refractivity contribution in [1.82, 2.24) is 9.97 Å². The Morgan fingerprint density at radius 2 is 2.11 bits per heavy atom. The molecule has 0 unspecified atom stereocenters. The molecule has 1 saturated carbocycles. The molecule has 19 heavy (non-hydrogen) atoms. The average molecular weight is 299 g/mol. The van der Waals surface area contributed by atoms with Crippen molar-refractivity contribution in [1.29, 1.82) is 0 Å². The monoisotopic (exact) mass is 298 g/mol. The van der Waals surface area contributed by atoms with Gasteiger partial charge in [-0.1, -0.05) is 23.2 Å². The van der Waals surface area contributed by atoms with Crippen molar-refractivity contribution >= 4 is 40.2 Å². The number of rotatable bonds is 3. The Morgan fingerprint density at radius 1 is 1.42 bits per heavy atom. The van der Waals surface area contributed by atoms with Gasteiger partial charge in [0.15, 0.2) is 0 Å². The van der Waals surface area contributed by atoms with E-state index < -0.39 is 5.41 Å². The Balaban J connectivity index is 2.04. The summed E-state index contributed by atoms with van der Waals surface area (Å²) >= 11 is 11.9. The van der Waals surface area contributed by atoms with E-state index in [1.165, 1.54) is 0 Å². The van der Waals surface area contributed by atoms with Crippen LogP contribution in [0, 0.1) is 0 Å². The number of imidazole rings is 1. The molecule has 0 aliphatic heterocycles. The number of nitrogens with zero attached hydrogens (tertiary/aromatic N) is 1. The molecular weight excluding hydrogens is 287 g/mol. The number of carbonyl (C=O) groups excluding carboxylic acids is 1. The molecule has 0 amide bonds. The van der Waals surface area contributed by atoms with Crippen LogP contribution >= 0.6 is 23.2 Å². The number of halogens is 2. The molecule has 3 rings (SSSR count). The third kappa shape index (κ3) is 1.99. The normalized spacial score (nSPS) is 16.6. The number of nitrogens with one attached hydrogen (secondary N) is 1. The van der Waals surface area contributed by atoms with Crippen molar-refractivity contribution in [2.24, 2.45) is 0 Å². The number of esters is 1. The van der Waals surface area contributed by atoms with Crippen molar-refractivity contribution < 1.29 is 9.53 Å². The number of fused-ring (bicyclic) bond motifs is 1. The maximum absolute atomic E-state index is 12.0. The van der Waals surface area contributed by atoms with Gasteiger partial charge in [0.2, 0.25) is 0 Å². The van der Waals surface area contributed by atoms with Gasteiger partial charge in [-0.2, -0.15) is 0 Å². The summed E-state index contributed by atoms with van der Waals surface area (Å²) in [5, 5.41) is 0.915. The summed E-state index contributed by atoms with van der Waals surface area (Å²) in [5.74, 6) is 0.422. The van der Waals surface area contributed by atoms with Crippen LogP contribution in [-0.4, -0.2) is 22.5 Å². The Kier molecular flexibility index (Phi) is 2.95. The molecule has 1 aliphatic rings. The summed E-state index contributed by atoms with van der Waals surface area (Å²) in [6.07, 6.45) is 1.51. The van der Waals surface area contributed by atoms with Gasteiger partial charge < -0.3 is 9.72 Å². The summed E-state index contributed by atoms with van der Waals surface area (Å²) in [5.41, 5.74) is 0.883. The minimum atomic E-state index is -0.603. The summed E-state index contributed by atoms with van der Waals surface area (Å²) in [6, 6.07) is 3.41. The van der Waals surface area contributed by atoms with Gasteiger partial charge in [0, 0.05) is 0 Å². The van der Waals surface area contributed by atoms with Gasteiger partial charge in [-0.15, -0.1) is 0 Å². The molecule has 6 heteroatoms. The molecule has 0 radical (unpaired) electrons. The van der Waals surface area contributed by atoms with E-state index in [1.807, 2.05) is 0 Å². The molecule has 1 aliphatic carbocycles. The Labute approximate surface area is 120 Å². The zero-order valence-corrected chi connectivity index (χ0v) is 11.8. The van der Waals surface area contributed by atoms with Gasteiger partial charge in [-0.05, 0) is 31.9 Å². The summed E-state index contributed by atoms with van der Waals surface area (Å²) in [6.45, 7) is 2.17. The zero-order chi connectivity index (χ0) is 13.6. The van der Waals surface area contributed by atoms with Crippen LogP contribution in [-0.2, 0) is 14.9 Å². The van der Waals surface area contributed by atoms with Gasteiger partial charge in [0.25, 0.3) is 0 Å². The lowest BCUT2D eigenvalue weighted by atomic mass is 10.1. The highest BCUT2D eigenvalue weighted by Gasteiger charge is 2.55. The molecule has 1 aromatic heterocycles. The van der Waals surface area contributed by atoms with Crippen LogP contribution in [0.15, 0.2) is 12.1 Å². The number of hydrogen-bond acceptors (Lipinski definition) is 3.